The van der Waals surface area contributed by atoms with Crippen LogP contribution in [0, 0.1) is 0 Å². The molecule has 3 rings (SSSR count). The van der Waals surface area contributed by atoms with Gasteiger partial charge in [-0.05, 0) is 31.0 Å². The van der Waals surface area contributed by atoms with Crippen LogP contribution in [0.15, 0.2) is 42.9 Å². The second-order valence-electron chi connectivity index (χ2n) is 6.65. The Morgan fingerprint density at radius 2 is 1.93 bits per heavy atom. The maximum absolute atomic E-state index is 12.5. The highest BCUT2D eigenvalue weighted by Gasteiger charge is 2.25. The van der Waals surface area contributed by atoms with E-state index in [1.165, 1.54) is 5.56 Å². The van der Waals surface area contributed by atoms with Gasteiger partial charge in [-0.25, -0.2) is 4.98 Å². The molecule has 0 bridgehead atoms. The standard InChI is InChI=1S/C20H27N5O2/c1-16(20(26)23-8-7-17-3-5-18(27-2)6-4-17)24-11-13-25(14-12-24)19-15-21-9-10-22-19/h3-6,9-10,15-16H,7-8,11-14H2,1-2H3,(H,23,26)/t16-/m1/s1. The number of ether oxygens (including phenoxy) is 1. The van der Waals surface area contributed by atoms with Crippen molar-refractivity contribution in [2.45, 2.75) is 19.4 Å². The predicted molar refractivity (Wildman–Crippen MR) is 105 cm³/mol. The number of piperazine rings is 1. The highest BCUT2D eigenvalue weighted by molar-refractivity contribution is 5.81. The van der Waals surface area contributed by atoms with Gasteiger partial charge in [0.15, 0.2) is 0 Å². The molecule has 0 spiro atoms. The zero-order valence-corrected chi connectivity index (χ0v) is 16.0. The van der Waals surface area contributed by atoms with Crippen molar-refractivity contribution >= 4 is 11.7 Å². The summed E-state index contributed by atoms with van der Waals surface area (Å²) in [7, 11) is 1.66. The minimum atomic E-state index is -0.134. The Morgan fingerprint density at radius 3 is 2.56 bits per heavy atom. The molecule has 7 heteroatoms. The van der Waals surface area contributed by atoms with E-state index in [4.69, 9.17) is 4.74 Å². The molecule has 2 heterocycles. The quantitative estimate of drug-likeness (QED) is 0.795. The Bertz CT molecular complexity index is 715. The number of hydrogen-bond donors (Lipinski definition) is 1. The molecule has 1 saturated heterocycles. The maximum atomic E-state index is 12.5. The first kappa shape index (κ1) is 19.1. The lowest BCUT2D eigenvalue weighted by atomic mass is 10.1. The average Bonchev–Trinajstić information content (AvgIpc) is 2.74. The van der Waals surface area contributed by atoms with Crippen LogP contribution in [0.2, 0.25) is 0 Å². The van der Waals surface area contributed by atoms with Gasteiger partial charge in [-0.3, -0.25) is 14.7 Å². The number of aromatic nitrogens is 2. The van der Waals surface area contributed by atoms with Gasteiger partial charge in [0.25, 0.3) is 0 Å². The minimum absolute atomic E-state index is 0.0801. The van der Waals surface area contributed by atoms with E-state index >= 15 is 0 Å². The van der Waals surface area contributed by atoms with Gasteiger partial charge in [0.2, 0.25) is 5.91 Å². The number of carbonyl (C=O) groups is 1. The van der Waals surface area contributed by atoms with Crippen LogP contribution in [0.1, 0.15) is 12.5 Å². The topological polar surface area (TPSA) is 70.6 Å². The van der Waals surface area contributed by atoms with Crippen LogP contribution >= 0.6 is 0 Å². The van der Waals surface area contributed by atoms with Crippen molar-refractivity contribution < 1.29 is 9.53 Å². The van der Waals surface area contributed by atoms with Gasteiger partial charge in [0.05, 0.1) is 19.3 Å². The Labute approximate surface area is 160 Å². The molecule has 0 saturated carbocycles. The van der Waals surface area contributed by atoms with Crippen molar-refractivity contribution in [3.63, 3.8) is 0 Å². The molecule has 0 aliphatic carbocycles. The summed E-state index contributed by atoms with van der Waals surface area (Å²) in [5.41, 5.74) is 1.18. The summed E-state index contributed by atoms with van der Waals surface area (Å²) in [5.74, 6) is 1.82. The number of amides is 1. The molecule has 0 unspecified atom stereocenters. The van der Waals surface area contributed by atoms with E-state index in [0.29, 0.717) is 6.54 Å². The van der Waals surface area contributed by atoms with Gasteiger partial charge in [-0.15, -0.1) is 0 Å². The average molecular weight is 369 g/mol. The lowest BCUT2D eigenvalue weighted by Gasteiger charge is -2.37. The highest BCUT2D eigenvalue weighted by Crippen LogP contribution is 2.14. The van der Waals surface area contributed by atoms with Gasteiger partial charge in [0, 0.05) is 45.1 Å². The zero-order valence-electron chi connectivity index (χ0n) is 16.0. The van der Waals surface area contributed by atoms with E-state index in [-0.39, 0.29) is 11.9 Å². The summed E-state index contributed by atoms with van der Waals surface area (Å²) in [6, 6.07) is 7.80. The molecular formula is C20H27N5O2. The third kappa shape index (κ3) is 5.17. The lowest BCUT2D eigenvalue weighted by Crippen LogP contribution is -2.54. The number of methoxy groups -OCH3 is 1. The van der Waals surface area contributed by atoms with E-state index < -0.39 is 0 Å². The SMILES string of the molecule is COc1ccc(CCNC(=O)[C@@H](C)N2CCN(c3cnccn3)CC2)cc1. The Hall–Kier alpha value is -2.67. The van der Waals surface area contributed by atoms with Crippen LogP contribution in [0.4, 0.5) is 5.82 Å². The monoisotopic (exact) mass is 369 g/mol. The predicted octanol–water partition coefficient (Wildman–Crippen LogP) is 1.35. The molecule has 1 aliphatic rings. The number of anilines is 1. The van der Waals surface area contributed by atoms with E-state index in [1.807, 2.05) is 31.2 Å². The van der Waals surface area contributed by atoms with Gasteiger partial charge < -0.3 is 15.0 Å². The molecule has 27 heavy (non-hydrogen) atoms. The molecule has 0 radical (unpaired) electrons. The number of hydrogen-bond acceptors (Lipinski definition) is 6. The van der Waals surface area contributed by atoms with Crippen molar-refractivity contribution in [2.75, 3.05) is 44.7 Å². The van der Waals surface area contributed by atoms with E-state index in [9.17, 15) is 4.79 Å². The van der Waals surface area contributed by atoms with Crippen LogP contribution < -0.4 is 15.0 Å². The van der Waals surface area contributed by atoms with Crippen LogP contribution in [-0.2, 0) is 11.2 Å². The first-order valence-corrected chi connectivity index (χ1v) is 9.33. The van der Waals surface area contributed by atoms with Crippen molar-refractivity contribution in [2.24, 2.45) is 0 Å². The fourth-order valence-corrected chi connectivity index (χ4v) is 3.23. The number of carbonyl (C=O) groups excluding carboxylic acids is 1. The Kier molecular flexibility index (Phi) is 6.59. The van der Waals surface area contributed by atoms with E-state index in [1.54, 1.807) is 25.7 Å². The van der Waals surface area contributed by atoms with E-state index in [0.717, 1.165) is 44.2 Å². The first-order chi connectivity index (χ1) is 13.2. The van der Waals surface area contributed by atoms with Crippen LogP contribution in [0.3, 0.4) is 0 Å². The van der Waals surface area contributed by atoms with Crippen LogP contribution in [0.5, 0.6) is 5.75 Å². The van der Waals surface area contributed by atoms with Gasteiger partial charge in [0.1, 0.15) is 11.6 Å². The highest BCUT2D eigenvalue weighted by atomic mass is 16.5. The largest absolute Gasteiger partial charge is 0.497 e. The summed E-state index contributed by atoms with van der Waals surface area (Å²) in [6.45, 7) is 5.98. The zero-order chi connectivity index (χ0) is 19.1. The van der Waals surface area contributed by atoms with Crippen LogP contribution in [-0.4, -0.2) is 66.7 Å². The molecule has 144 valence electrons. The fraction of sp³-hybridized carbons (Fsp3) is 0.450. The van der Waals surface area contributed by atoms with Crippen molar-refractivity contribution in [1.29, 1.82) is 0 Å². The molecule has 1 atom stereocenters. The third-order valence-corrected chi connectivity index (χ3v) is 4.99. The molecule has 1 aliphatic heterocycles. The molecule has 1 fully saturated rings. The maximum Gasteiger partial charge on any atom is 0.237 e. The number of rotatable bonds is 7. The van der Waals surface area contributed by atoms with Gasteiger partial charge in [-0.1, -0.05) is 12.1 Å². The number of nitrogens with one attached hydrogen (secondary N) is 1. The van der Waals surface area contributed by atoms with Crippen molar-refractivity contribution in [3.8, 4) is 5.75 Å². The fourth-order valence-electron chi connectivity index (χ4n) is 3.23. The molecule has 1 aromatic carbocycles. The molecule has 2 aromatic rings. The second-order valence-corrected chi connectivity index (χ2v) is 6.65. The molecular weight excluding hydrogens is 342 g/mol. The normalized spacial score (nSPS) is 16.0. The minimum Gasteiger partial charge on any atom is -0.497 e. The number of benzene rings is 1. The van der Waals surface area contributed by atoms with E-state index in [2.05, 4.69) is 25.1 Å². The summed E-state index contributed by atoms with van der Waals surface area (Å²) < 4.78 is 5.16. The molecule has 1 N–H and O–H groups in total. The number of nitrogens with zero attached hydrogens (tertiary/aromatic N) is 4. The lowest BCUT2D eigenvalue weighted by molar-refractivity contribution is -0.125. The van der Waals surface area contributed by atoms with Crippen molar-refractivity contribution in [3.05, 3.63) is 48.4 Å². The molecule has 7 nitrogen and oxygen atoms in total. The first-order valence-electron chi connectivity index (χ1n) is 9.33. The summed E-state index contributed by atoms with van der Waals surface area (Å²) in [5, 5.41) is 3.05. The smallest absolute Gasteiger partial charge is 0.237 e. The summed E-state index contributed by atoms with van der Waals surface area (Å²) >= 11 is 0. The Balaban J connectivity index is 1.41. The van der Waals surface area contributed by atoms with Crippen LogP contribution in [0.25, 0.3) is 0 Å². The summed E-state index contributed by atoms with van der Waals surface area (Å²) in [6.07, 6.45) is 5.98. The third-order valence-electron chi connectivity index (χ3n) is 4.99. The van der Waals surface area contributed by atoms with Gasteiger partial charge in [-0.2, -0.15) is 0 Å². The summed E-state index contributed by atoms with van der Waals surface area (Å²) in [4.78, 5) is 25.4. The van der Waals surface area contributed by atoms with Crippen molar-refractivity contribution in [1.82, 2.24) is 20.2 Å². The Morgan fingerprint density at radius 1 is 1.19 bits per heavy atom. The van der Waals surface area contributed by atoms with Gasteiger partial charge >= 0.3 is 0 Å². The second kappa shape index (κ2) is 9.32. The molecule has 1 aromatic heterocycles. The molecule has 1 amide bonds.